The Bertz CT molecular complexity index is 539. The van der Waals surface area contributed by atoms with Crippen molar-refractivity contribution in [3.63, 3.8) is 0 Å². The molecule has 20 heavy (non-hydrogen) atoms. The monoisotopic (exact) mass is 292 g/mol. The number of nitrogens with zero attached hydrogens (tertiary/aromatic N) is 1. The molecule has 3 nitrogen and oxygen atoms in total. The van der Waals surface area contributed by atoms with Gasteiger partial charge in [0.05, 0.1) is 13.1 Å². The number of nitrogens with one attached hydrogen (secondary N) is 1. The quantitative estimate of drug-likeness (QED) is 0.844. The Labute approximate surface area is 125 Å². The van der Waals surface area contributed by atoms with Crippen molar-refractivity contribution < 1.29 is 4.42 Å². The van der Waals surface area contributed by atoms with Crippen molar-refractivity contribution in [2.24, 2.45) is 0 Å². The van der Waals surface area contributed by atoms with Gasteiger partial charge in [-0.15, -0.1) is 0 Å². The highest BCUT2D eigenvalue weighted by molar-refractivity contribution is 6.30. The zero-order valence-corrected chi connectivity index (χ0v) is 12.8. The average molecular weight is 293 g/mol. The first-order valence-corrected chi connectivity index (χ1v) is 7.26. The fraction of sp³-hybridized carbons (Fsp3) is 0.375. The summed E-state index contributed by atoms with van der Waals surface area (Å²) in [6, 6.07) is 12.0. The highest BCUT2D eigenvalue weighted by Gasteiger charge is 2.06. The molecule has 4 heteroatoms. The van der Waals surface area contributed by atoms with Gasteiger partial charge in [-0.1, -0.05) is 30.7 Å². The molecule has 0 saturated carbocycles. The van der Waals surface area contributed by atoms with E-state index in [9.17, 15) is 0 Å². The molecule has 0 atom stereocenters. The first-order valence-electron chi connectivity index (χ1n) is 6.88. The summed E-state index contributed by atoms with van der Waals surface area (Å²) >= 11 is 6.00. The van der Waals surface area contributed by atoms with E-state index in [1.54, 1.807) is 0 Å². The molecule has 0 aliphatic rings. The summed E-state index contributed by atoms with van der Waals surface area (Å²) in [5.74, 6) is 1.97. The summed E-state index contributed by atoms with van der Waals surface area (Å²) in [6.07, 6.45) is 0. The van der Waals surface area contributed by atoms with Crippen molar-refractivity contribution in [3.8, 4) is 0 Å². The summed E-state index contributed by atoms with van der Waals surface area (Å²) in [5, 5.41) is 4.03. The normalized spacial score (nSPS) is 11.2. The molecule has 1 N–H and O–H groups in total. The first kappa shape index (κ1) is 15.1. The van der Waals surface area contributed by atoms with Crippen molar-refractivity contribution in [3.05, 3.63) is 58.5 Å². The van der Waals surface area contributed by atoms with E-state index in [0.717, 1.165) is 42.7 Å². The fourth-order valence-corrected chi connectivity index (χ4v) is 2.33. The van der Waals surface area contributed by atoms with Gasteiger partial charge < -0.3 is 9.73 Å². The molecule has 1 aromatic carbocycles. The maximum Gasteiger partial charge on any atom is 0.118 e. The van der Waals surface area contributed by atoms with Crippen LogP contribution in [0.25, 0.3) is 0 Å². The molecule has 2 rings (SSSR count). The van der Waals surface area contributed by atoms with E-state index >= 15 is 0 Å². The molecule has 1 aromatic heterocycles. The SMILES string of the molecule is CCNCc1ccc(CN(C)Cc2cccc(Cl)c2)o1. The van der Waals surface area contributed by atoms with E-state index in [1.165, 1.54) is 5.56 Å². The summed E-state index contributed by atoms with van der Waals surface area (Å²) in [5.41, 5.74) is 1.21. The molecule has 0 saturated heterocycles. The number of hydrogen-bond acceptors (Lipinski definition) is 3. The Kier molecular flexibility index (Phi) is 5.65. The van der Waals surface area contributed by atoms with E-state index < -0.39 is 0 Å². The molecule has 0 bridgehead atoms. The molecule has 108 valence electrons. The Morgan fingerprint density at radius 2 is 1.95 bits per heavy atom. The second kappa shape index (κ2) is 7.48. The zero-order valence-electron chi connectivity index (χ0n) is 12.0. The van der Waals surface area contributed by atoms with Crippen LogP contribution in [0.15, 0.2) is 40.8 Å². The Balaban J connectivity index is 1.87. The summed E-state index contributed by atoms with van der Waals surface area (Å²) in [4.78, 5) is 2.21. The lowest BCUT2D eigenvalue weighted by Crippen LogP contribution is -2.16. The summed E-state index contributed by atoms with van der Waals surface area (Å²) < 4.78 is 5.79. The van der Waals surface area contributed by atoms with E-state index in [1.807, 2.05) is 30.3 Å². The molecular weight excluding hydrogens is 272 g/mol. The van der Waals surface area contributed by atoms with Crippen LogP contribution in [0, 0.1) is 0 Å². The number of halogens is 1. The lowest BCUT2D eigenvalue weighted by Gasteiger charge is -2.15. The van der Waals surface area contributed by atoms with Crippen LogP contribution in [0.3, 0.4) is 0 Å². The predicted molar refractivity (Wildman–Crippen MR) is 82.7 cm³/mol. The smallest absolute Gasteiger partial charge is 0.118 e. The van der Waals surface area contributed by atoms with Gasteiger partial charge in [0.2, 0.25) is 0 Å². The topological polar surface area (TPSA) is 28.4 Å². The van der Waals surface area contributed by atoms with Gasteiger partial charge in [-0.2, -0.15) is 0 Å². The van der Waals surface area contributed by atoms with Gasteiger partial charge in [-0.25, -0.2) is 0 Å². The van der Waals surface area contributed by atoms with Crippen molar-refractivity contribution >= 4 is 11.6 Å². The third-order valence-electron chi connectivity index (χ3n) is 3.03. The summed E-state index contributed by atoms with van der Waals surface area (Å²) in [6.45, 7) is 5.46. The largest absolute Gasteiger partial charge is 0.463 e. The molecule has 0 unspecified atom stereocenters. The minimum absolute atomic E-state index is 0.779. The Hall–Kier alpha value is -1.29. The number of benzene rings is 1. The zero-order chi connectivity index (χ0) is 14.4. The molecule has 0 aliphatic heterocycles. The second-order valence-electron chi connectivity index (χ2n) is 4.95. The lowest BCUT2D eigenvalue weighted by atomic mass is 10.2. The lowest BCUT2D eigenvalue weighted by molar-refractivity contribution is 0.282. The van der Waals surface area contributed by atoms with Crippen LogP contribution in [-0.2, 0) is 19.6 Å². The molecule has 0 spiro atoms. The Morgan fingerprint density at radius 1 is 1.15 bits per heavy atom. The van der Waals surface area contributed by atoms with Gasteiger partial charge >= 0.3 is 0 Å². The number of furan rings is 1. The maximum absolute atomic E-state index is 6.00. The third kappa shape index (κ3) is 4.67. The fourth-order valence-electron chi connectivity index (χ4n) is 2.12. The van der Waals surface area contributed by atoms with Gasteiger partial charge in [0.25, 0.3) is 0 Å². The molecule has 2 aromatic rings. The molecule has 0 aliphatic carbocycles. The standard InChI is InChI=1S/C16H21ClN2O/c1-3-18-10-15-7-8-16(20-15)12-19(2)11-13-5-4-6-14(17)9-13/h4-9,18H,3,10-12H2,1-2H3. The minimum Gasteiger partial charge on any atom is -0.463 e. The van der Waals surface area contributed by atoms with Crippen LogP contribution in [0.5, 0.6) is 0 Å². The van der Waals surface area contributed by atoms with Gasteiger partial charge in [0, 0.05) is 11.6 Å². The van der Waals surface area contributed by atoms with Gasteiger partial charge in [-0.3, -0.25) is 4.90 Å². The second-order valence-corrected chi connectivity index (χ2v) is 5.39. The van der Waals surface area contributed by atoms with E-state index in [4.69, 9.17) is 16.0 Å². The molecule has 0 radical (unpaired) electrons. The Morgan fingerprint density at radius 3 is 2.70 bits per heavy atom. The highest BCUT2D eigenvalue weighted by atomic mass is 35.5. The molecular formula is C16H21ClN2O. The van der Waals surface area contributed by atoms with E-state index in [0.29, 0.717) is 0 Å². The molecule has 0 fully saturated rings. The van der Waals surface area contributed by atoms with Crippen molar-refractivity contribution in [1.82, 2.24) is 10.2 Å². The van der Waals surface area contributed by atoms with Crippen LogP contribution in [0.1, 0.15) is 24.0 Å². The average Bonchev–Trinajstić information content (AvgIpc) is 2.83. The van der Waals surface area contributed by atoms with E-state index in [2.05, 4.69) is 30.3 Å². The highest BCUT2D eigenvalue weighted by Crippen LogP contribution is 2.14. The van der Waals surface area contributed by atoms with Gasteiger partial charge in [-0.05, 0) is 43.4 Å². The van der Waals surface area contributed by atoms with Crippen molar-refractivity contribution in [2.45, 2.75) is 26.6 Å². The van der Waals surface area contributed by atoms with Crippen molar-refractivity contribution in [2.75, 3.05) is 13.6 Å². The predicted octanol–water partition coefficient (Wildman–Crippen LogP) is 3.67. The minimum atomic E-state index is 0.779. The third-order valence-corrected chi connectivity index (χ3v) is 3.27. The number of rotatable bonds is 7. The summed E-state index contributed by atoms with van der Waals surface area (Å²) in [7, 11) is 2.08. The number of hydrogen-bond donors (Lipinski definition) is 1. The molecule has 0 amide bonds. The van der Waals surface area contributed by atoms with E-state index in [-0.39, 0.29) is 0 Å². The first-order chi connectivity index (χ1) is 9.67. The van der Waals surface area contributed by atoms with Crippen LogP contribution in [0.4, 0.5) is 0 Å². The van der Waals surface area contributed by atoms with Crippen LogP contribution in [0.2, 0.25) is 5.02 Å². The molecule has 1 heterocycles. The van der Waals surface area contributed by atoms with Crippen LogP contribution >= 0.6 is 11.6 Å². The van der Waals surface area contributed by atoms with Gasteiger partial charge in [0.1, 0.15) is 11.5 Å². The van der Waals surface area contributed by atoms with Crippen LogP contribution < -0.4 is 5.32 Å². The maximum atomic E-state index is 6.00. The van der Waals surface area contributed by atoms with Gasteiger partial charge in [0.15, 0.2) is 0 Å². The van der Waals surface area contributed by atoms with Crippen LogP contribution in [-0.4, -0.2) is 18.5 Å². The van der Waals surface area contributed by atoms with Crippen molar-refractivity contribution in [1.29, 1.82) is 0 Å².